The molecule has 0 fully saturated rings. The molecule has 6 heteroatoms. The second-order valence-corrected chi connectivity index (χ2v) is 5.85. The van der Waals surface area contributed by atoms with Gasteiger partial charge in [-0.1, -0.05) is 27.5 Å². The number of pyridine rings is 1. The minimum Gasteiger partial charge on any atom is -0.384 e. The van der Waals surface area contributed by atoms with Gasteiger partial charge in [0.05, 0.1) is 0 Å². The topological polar surface area (TPSA) is 54.0 Å². The number of nitrogens with zero attached hydrogens (tertiary/aromatic N) is 1. The highest BCUT2D eigenvalue weighted by atomic mass is 79.9. The minimum atomic E-state index is -0.0342. The first-order valence-electron chi connectivity index (χ1n) is 6.46. The van der Waals surface area contributed by atoms with Crippen molar-refractivity contribution in [2.45, 2.75) is 13.3 Å². The molecule has 0 radical (unpaired) electrons. The number of hydrogen-bond acceptors (Lipinski definition) is 3. The normalized spacial score (nSPS) is 10.2. The predicted molar refractivity (Wildman–Crippen MR) is 89.9 cm³/mol. The van der Waals surface area contributed by atoms with Gasteiger partial charge in [-0.2, -0.15) is 0 Å². The maximum absolute atomic E-state index is 11.9. The molecule has 1 aromatic carbocycles. The van der Waals surface area contributed by atoms with Crippen LogP contribution in [0.25, 0.3) is 0 Å². The quantitative estimate of drug-likeness (QED) is 0.776. The summed E-state index contributed by atoms with van der Waals surface area (Å²) in [6, 6.07) is 9.28. The molecular weight excluding hydrogens is 354 g/mol. The zero-order valence-corrected chi connectivity index (χ0v) is 13.8. The lowest BCUT2D eigenvalue weighted by Gasteiger charge is -2.10. The highest BCUT2D eigenvalue weighted by Gasteiger charge is 2.05. The van der Waals surface area contributed by atoms with Gasteiger partial charge >= 0.3 is 0 Å². The maximum atomic E-state index is 11.9. The Bertz CT molecular complexity index is 649. The molecule has 0 aliphatic carbocycles. The Labute approximate surface area is 137 Å². The summed E-state index contributed by atoms with van der Waals surface area (Å²) in [6.07, 6.45) is 1.99. The molecule has 110 valence electrons. The first-order valence-corrected chi connectivity index (χ1v) is 7.63. The minimum absolute atomic E-state index is 0.0342. The molecule has 2 aromatic rings. The van der Waals surface area contributed by atoms with E-state index in [0.29, 0.717) is 18.1 Å². The van der Waals surface area contributed by atoms with E-state index in [-0.39, 0.29) is 5.91 Å². The number of carbonyl (C=O) groups is 1. The molecule has 1 amide bonds. The van der Waals surface area contributed by atoms with Gasteiger partial charge in [0.15, 0.2) is 0 Å². The molecule has 1 heterocycles. The first kappa shape index (κ1) is 15.8. The largest absolute Gasteiger partial charge is 0.384 e. The number of carbonyl (C=O) groups excluding carboxylic acids is 1. The van der Waals surface area contributed by atoms with E-state index in [9.17, 15) is 4.79 Å². The molecule has 2 rings (SSSR count). The summed E-state index contributed by atoms with van der Waals surface area (Å²) in [7, 11) is 0. The number of anilines is 2. The van der Waals surface area contributed by atoms with Gasteiger partial charge in [0.25, 0.3) is 0 Å². The van der Waals surface area contributed by atoms with Crippen molar-refractivity contribution in [3.63, 3.8) is 0 Å². The zero-order valence-electron chi connectivity index (χ0n) is 11.5. The van der Waals surface area contributed by atoms with Crippen LogP contribution in [0.1, 0.15) is 12.0 Å². The van der Waals surface area contributed by atoms with Gasteiger partial charge in [-0.3, -0.25) is 4.79 Å². The third kappa shape index (κ3) is 5.02. The summed E-state index contributed by atoms with van der Waals surface area (Å²) in [6.45, 7) is 2.49. The highest BCUT2D eigenvalue weighted by Crippen LogP contribution is 2.20. The number of nitrogens with one attached hydrogen (secondary N) is 2. The van der Waals surface area contributed by atoms with Crippen molar-refractivity contribution in [2.24, 2.45) is 0 Å². The summed E-state index contributed by atoms with van der Waals surface area (Å²) in [5, 5.41) is 6.46. The van der Waals surface area contributed by atoms with Gasteiger partial charge in [0.2, 0.25) is 5.91 Å². The summed E-state index contributed by atoms with van der Waals surface area (Å²) in [5.74, 6) is -0.0342. The van der Waals surface area contributed by atoms with Crippen molar-refractivity contribution in [3.8, 4) is 0 Å². The molecule has 4 nitrogen and oxygen atoms in total. The summed E-state index contributed by atoms with van der Waals surface area (Å²) < 4.78 is 0.995. The SMILES string of the molecule is Cc1cc(Br)ccc1NC(=O)CCNc1ccnc(Cl)c1. The van der Waals surface area contributed by atoms with Crippen molar-refractivity contribution < 1.29 is 4.79 Å². The summed E-state index contributed by atoms with van der Waals surface area (Å²) in [5.41, 5.74) is 2.70. The summed E-state index contributed by atoms with van der Waals surface area (Å²) in [4.78, 5) is 15.8. The van der Waals surface area contributed by atoms with E-state index in [0.717, 1.165) is 21.4 Å². The van der Waals surface area contributed by atoms with Crippen molar-refractivity contribution in [2.75, 3.05) is 17.2 Å². The summed E-state index contributed by atoms with van der Waals surface area (Å²) >= 11 is 9.19. The number of hydrogen-bond donors (Lipinski definition) is 2. The Morgan fingerprint density at radius 1 is 1.33 bits per heavy atom. The number of amides is 1. The van der Waals surface area contributed by atoms with Crippen LogP contribution >= 0.6 is 27.5 Å². The van der Waals surface area contributed by atoms with Gasteiger partial charge < -0.3 is 10.6 Å². The van der Waals surface area contributed by atoms with Crippen LogP contribution in [0, 0.1) is 6.92 Å². The number of aryl methyl sites for hydroxylation is 1. The molecule has 0 aliphatic rings. The van der Waals surface area contributed by atoms with Gasteiger partial charge in [0.1, 0.15) is 5.15 Å². The van der Waals surface area contributed by atoms with Crippen LogP contribution in [0.3, 0.4) is 0 Å². The molecule has 21 heavy (non-hydrogen) atoms. The lowest BCUT2D eigenvalue weighted by atomic mass is 10.2. The fraction of sp³-hybridized carbons (Fsp3) is 0.200. The first-order chi connectivity index (χ1) is 10.0. The average molecular weight is 369 g/mol. The van der Waals surface area contributed by atoms with Crippen LogP contribution in [0.5, 0.6) is 0 Å². The van der Waals surface area contributed by atoms with E-state index in [1.807, 2.05) is 31.2 Å². The number of rotatable bonds is 5. The Hall–Kier alpha value is -1.59. The van der Waals surface area contributed by atoms with E-state index < -0.39 is 0 Å². The Morgan fingerprint density at radius 2 is 2.14 bits per heavy atom. The fourth-order valence-corrected chi connectivity index (χ4v) is 2.46. The monoisotopic (exact) mass is 367 g/mol. The molecule has 0 saturated carbocycles. The van der Waals surface area contributed by atoms with Crippen LogP contribution < -0.4 is 10.6 Å². The van der Waals surface area contributed by atoms with Crippen molar-refractivity contribution in [1.29, 1.82) is 0 Å². The average Bonchev–Trinajstić information content (AvgIpc) is 2.42. The third-order valence-corrected chi connectivity index (χ3v) is 3.57. The van der Waals surface area contributed by atoms with Crippen LogP contribution in [-0.4, -0.2) is 17.4 Å². The second-order valence-electron chi connectivity index (χ2n) is 4.55. The Balaban J connectivity index is 1.82. The number of aromatic nitrogens is 1. The van der Waals surface area contributed by atoms with Crippen molar-refractivity contribution in [3.05, 3.63) is 51.7 Å². The second kappa shape index (κ2) is 7.43. The fourth-order valence-electron chi connectivity index (χ4n) is 1.81. The van der Waals surface area contributed by atoms with Crippen molar-refractivity contribution in [1.82, 2.24) is 4.98 Å². The van der Waals surface area contributed by atoms with Gasteiger partial charge in [-0.15, -0.1) is 0 Å². The van der Waals surface area contributed by atoms with E-state index in [1.165, 1.54) is 0 Å². The van der Waals surface area contributed by atoms with Crippen LogP contribution in [0.2, 0.25) is 5.15 Å². The van der Waals surface area contributed by atoms with Crippen LogP contribution in [0.4, 0.5) is 11.4 Å². The van der Waals surface area contributed by atoms with E-state index in [1.54, 1.807) is 12.3 Å². The standard InChI is InChI=1S/C15H15BrClN3O/c1-10-8-11(16)2-3-13(10)20-15(21)5-7-18-12-4-6-19-14(17)9-12/h2-4,6,8-9H,5,7H2,1H3,(H,18,19)(H,20,21). The molecule has 1 aromatic heterocycles. The van der Waals surface area contributed by atoms with E-state index in [4.69, 9.17) is 11.6 Å². The highest BCUT2D eigenvalue weighted by molar-refractivity contribution is 9.10. The molecule has 0 spiro atoms. The molecule has 0 aliphatic heterocycles. The third-order valence-electron chi connectivity index (χ3n) is 2.87. The number of benzene rings is 1. The zero-order chi connectivity index (χ0) is 15.2. The van der Waals surface area contributed by atoms with Crippen molar-refractivity contribution >= 4 is 44.8 Å². The van der Waals surface area contributed by atoms with E-state index >= 15 is 0 Å². The van der Waals surface area contributed by atoms with E-state index in [2.05, 4.69) is 31.5 Å². The molecule has 2 N–H and O–H groups in total. The Kier molecular flexibility index (Phi) is 5.59. The van der Waals surface area contributed by atoms with Gasteiger partial charge in [0, 0.05) is 35.0 Å². The smallest absolute Gasteiger partial charge is 0.226 e. The van der Waals surface area contributed by atoms with Crippen LogP contribution in [-0.2, 0) is 4.79 Å². The molecular formula is C15H15BrClN3O. The lowest BCUT2D eigenvalue weighted by molar-refractivity contribution is -0.115. The number of halogens is 2. The predicted octanol–water partition coefficient (Wildman–Crippen LogP) is 4.25. The van der Waals surface area contributed by atoms with Gasteiger partial charge in [-0.05, 0) is 42.8 Å². The molecule has 0 unspecified atom stereocenters. The molecule has 0 saturated heterocycles. The molecule has 0 bridgehead atoms. The maximum Gasteiger partial charge on any atom is 0.226 e. The lowest BCUT2D eigenvalue weighted by Crippen LogP contribution is -2.16. The van der Waals surface area contributed by atoms with Gasteiger partial charge in [-0.25, -0.2) is 4.98 Å². The Morgan fingerprint density at radius 3 is 2.86 bits per heavy atom. The molecule has 0 atom stereocenters. The van der Waals surface area contributed by atoms with Crippen LogP contribution in [0.15, 0.2) is 41.0 Å².